The van der Waals surface area contributed by atoms with E-state index < -0.39 is 32.5 Å². The summed E-state index contributed by atoms with van der Waals surface area (Å²) in [6.07, 6.45) is -2.15. The van der Waals surface area contributed by atoms with E-state index in [-0.39, 0.29) is 0 Å². The zero-order chi connectivity index (χ0) is 10.9. The Labute approximate surface area is 71.8 Å². The minimum Gasteiger partial charge on any atom is -0.464 e. The molecule has 78 valence electrons. The first-order valence-electron chi connectivity index (χ1n) is 2.96. The Kier molecular flexibility index (Phi) is 3.14. The van der Waals surface area contributed by atoms with Crippen molar-refractivity contribution < 1.29 is 31.5 Å². The molecule has 0 radical (unpaired) electrons. The van der Waals surface area contributed by atoms with Crippen LogP contribution in [0.3, 0.4) is 0 Å². The lowest BCUT2D eigenvalue weighted by atomic mass is 10.8. The molecule has 1 amide bonds. The fourth-order valence-electron chi connectivity index (χ4n) is 0.533. The van der Waals surface area contributed by atoms with Gasteiger partial charge in [-0.3, -0.25) is 0 Å². The molecule has 9 heteroatoms. The highest BCUT2D eigenvalue weighted by Gasteiger charge is 2.51. The van der Waals surface area contributed by atoms with E-state index in [1.807, 2.05) is 0 Å². The van der Waals surface area contributed by atoms with Crippen LogP contribution < -0.4 is 0 Å². The van der Waals surface area contributed by atoms with Crippen molar-refractivity contribution in [1.82, 2.24) is 4.31 Å². The van der Waals surface area contributed by atoms with Crippen molar-refractivity contribution in [3.05, 3.63) is 0 Å². The van der Waals surface area contributed by atoms with E-state index in [4.69, 9.17) is 5.11 Å². The van der Waals surface area contributed by atoms with Gasteiger partial charge in [0.2, 0.25) is 0 Å². The molecule has 0 heterocycles. The third kappa shape index (κ3) is 2.23. The first-order valence-corrected chi connectivity index (χ1v) is 4.40. The topological polar surface area (TPSA) is 74.7 Å². The summed E-state index contributed by atoms with van der Waals surface area (Å²) in [6, 6.07) is 0. The molecular formula is C4H6F3NO4S. The Morgan fingerprint density at radius 3 is 1.92 bits per heavy atom. The van der Waals surface area contributed by atoms with Crippen LogP contribution in [-0.4, -0.2) is 36.0 Å². The maximum atomic E-state index is 11.7. The molecule has 0 saturated carbocycles. The fourth-order valence-corrected chi connectivity index (χ4v) is 1.33. The molecule has 0 bridgehead atoms. The fraction of sp³-hybridized carbons (Fsp3) is 0.750. The number of hydrogen-bond acceptors (Lipinski definition) is 3. The Balaban J connectivity index is 5.15. The number of hydrogen-bond donors (Lipinski definition) is 1. The molecule has 0 aliphatic heterocycles. The smallest absolute Gasteiger partial charge is 0.464 e. The predicted octanol–water partition coefficient (Wildman–Crippen LogP) is 0.836. The van der Waals surface area contributed by atoms with Gasteiger partial charge in [0.25, 0.3) is 0 Å². The number of amides is 1. The van der Waals surface area contributed by atoms with Crippen LogP contribution >= 0.6 is 0 Å². The van der Waals surface area contributed by atoms with Gasteiger partial charge in [-0.05, 0) is 6.92 Å². The van der Waals surface area contributed by atoms with Gasteiger partial charge in [-0.25, -0.2) is 4.79 Å². The molecule has 0 aliphatic rings. The van der Waals surface area contributed by atoms with Crippen molar-refractivity contribution >= 4 is 16.1 Å². The van der Waals surface area contributed by atoms with Crippen LogP contribution in [0.4, 0.5) is 18.0 Å². The number of nitrogens with zero attached hydrogens (tertiary/aromatic N) is 1. The number of alkyl halides is 3. The van der Waals surface area contributed by atoms with Crippen molar-refractivity contribution in [2.75, 3.05) is 6.54 Å². The maximum absolute atomic E-state index is 11.7. The lowest BCUT2D eigenvalue weighted by Gasteiger charge is -2.18. The van der Waals surface area contributed by atoms with Gasteiger partial charge in [0, 0.05) is 6.54 Å². The Morgan fingerprint density at radius 2 is 1.85 bits per heavy atom. The van der Waals surface area contributed by atoms with Gasteiger partial charge >= 0.3 is 21.6 Å². The van der Waals surface area contributed by atoms with Gasteiger partial charge in [-0.1, -0.05) is 0 Å². The van der Waals surface area contributed by atoms with E-state index in [1.54, 1.807) is 0 Å². The van der Waals surface area contributed by atoms with Gasteiger partial charge < -0.3 is 5.11 Å². The van der Waals surface area contributed by atoms with Crippen molar-refractivity contribution in [3.63, 3.8) is 0 Å². The molecule has 0 aromatic heterocycles. The number of rotatable bonds is 2. The Hall–Kier alpha value is -0.990. The van der Waals surface area contributed by atoms with Gasteiger partial charge in [0.05, 0.1) is 0 Å². The van der Waals surface area contributed by atoms with Crippen molar-refractivity contribution in [2.24, 2.45) is 0 Å². The third-order valence-electron chi connectivity index (χ3n) is 1.08. The molecule has 5 nitrogen and oxygen atoms in total. The minimum atomic E-state index is -5.75. The van der Waals surface area contributed by atoms with Crippen LogP contribution in [0, 0.1) is 0 Å². The van der Waals surface area contributed by atoms with Crippen LogP contribution in [0.5, 0.6) is 0 Å². The van der Waals surface area contributed by atoms with Crippen molar-refractivity contribution in [2.45, 2.75) is 12.4 Å². The van der Waals surface area contributed by atoms with Gasteiger partial charge in [-0.15, -0.1) is 0 Å². The van der Waals surface area contributed by atoms with Crippen LogP contribution in [0.25, 0.3) is 0 Å². The summed E-state index contributed by atoms with van der Waals surface area (Å²) in [5.41, 5.74) is -5.58. The molecule has 0 aromatic carbocycles. The molecule has 0 rings (SSSR count). The zero-order valence-electron chi connectivity index (χ0n) is 6.37. The summed E-state index contributed by atoms with van der Waals surface area (Å²) >= 11 is 0. The number of sulfonamides is 1. The molecule has 0 atom stereocenters. The predicted molar refractivity (Wildman–Crippen MR) is 35.4 cm³/mol. The zero-order valence-corrected chi connectivity index (χ0v) is 7.18. The summed E-state index contributed by atoms with van der Waals surface area (Å²) in [7, 11) is -5.75. The summed E-state index contributed by atoms with van der Waals surface area (Å²) in [6.45, 7) is 0.203. The van der Waals surface area contributed by atoms with Crippen LogP contribution in [0.1, 0.15) is 6.92 Å². The number of halogens is 3. The lowest BCUT2D eigenvalue weighted by molar-refractivity contribution is -0.0483. The number of carbonyl (C=O) groups is 1. The van der Waals surface area contributed by atoms with Crippen LogP contribution in [-0.2, 0) is 10.0 Å². The molecule has 0 fully saturated rings. The largest absolute Gasteiger partial charge is 0.516 e. The summed E-state index contributed by atoms with van der Waals surface area (Å²) in [5, 5.41) is 8.12. The van der Waals surface area contributed by atoms with E-state index >= 15 is 0 Å². The van der Waals surface area contributed by atoms with E-state index in [0.29, 0.717) is 0 Å². The minimum absolute atomic E-state index is 0.674. The van der Waals surface area contributed by atoms with Gasteiger partial charge in [0.1, 0.15) is 0 Å². The second-order valence-corrected chi connectivity index (χ2v) is 3.75. The van der Waals surface area contributed by atoms with E-state index in [1.165, 1.54) is 0 Å². The highest BCUT2D eigenvalue weighted by Crippen LogP contribution is 2.26. The highest BCUT2D eigenvalue weighted by molar-refractivity contribution is 7.90. The lowest BCUT2D eigenvalue weighted by Crippen LogP contribution is -2.43. The van der Waals surface area contributed by atoms with Crippen LogP contribution in [0.15, 0.2) is 0 Å². The average Bonchev–Trinajstić information content (AvgIpc) is 1.83. The molecule has 0 saturated heterocycles. The molecular weight excluding hydrogens is 215 g/mol. The second-order valence-electron chi connectivity index (χ2n) is 1.90. The first-order chi connectivity index (χ1) is 5.64. The molecule has 0 aromatic rings. The normalized spacial score (nSPS) is 12.6. The van der Waals surface area contributed by atoms with E-state index in [0.717, 1.165) is 6.92 Å². The molecule has 0 aliphatic carbocycles. The number of carboxylic acid groups (broad SMARTS) is 1. The standard InChI is InChI=1S/C4H6F3NO4S/c1-2-8(3(9)10)13(11,12)4(5,6)7/h2H2,1H3,(H,9,10). The van der Waals surface area contributed by atoms with E-state index in [9.17, 15) is 26.4 Å². The summed E-state index contributed by atoms with van der Waals surface area (Å²) in [4.78, 5) is 10.1. The molecule has 0 spiro atoms. The quantitative estimate of drug-likeness (QED) is 0.749. The maximum Gasteiger partial charge on any atom is 0.516 e. The summed E-state index contributed by atoms with van der Waals surface area (Å²) in [5.74, 6) is 0. The second kappa shape index (κ2) is 3.40. The third-order valence-corrected chi connectivity index (χ3v) is 2.66. The first kappa shape index (κ1) is 12.0. The SMILES string of the molecule is CCN(C(=O)O)S(=O)(=O)C(F)(F)F. The Bertz CT molecular complexity index is 295. The summed E-state index contributed by atoms with van der Waals surface area (Å²) < 4.78 is 55.4. The van der Waals surface area contributed by atoms with Gasteiger partial charge in [0.15, 0.2) is 0 Å². The monoisotopic (exact) mass is 221 g/mol. The average molecular weight is 221 g/mol. The molecule has 13 heavy (non-hydrogen) atoms. The van der Waals surface area contributed by atoms with E-state index in [2.05, 4.69) is 0 Å². The molecule has 0 unspecified atom stereocenters. The highest BCUT2D eigenvalue weighted by atomic mass is 32.2. The van der Waals surface area contributed by atoms with Crippen molar-refractivity contribution in [3.8, 4) is 0 Å². The van der Waals surface area contributed by atoms with Crippen LogP contribution in [0.2, 0.25) is 0 Å². The van der Waals surface area contributed by atoms with Gasteiger partial charge in [-0.2, -0.15) is 25.9 Å². The Morgan fingerprint density at radius 1 is 1.46 bits per heavy atom. The van der Waals surface area contributed by atoms with Crippen molar-refractivity contribution in [1.29, 1.82) is 0 Å². The molecule has 1 N–H and O–H groups in total.